The summed E-state index contributed by atoms with van der Waals surface area (Å²) in [7, 11) is 0. The molecule has 31 heavy (non-hydrogen) atoms. The lowest BCUT2D eigenvalue weighted by Crippen LogP contribution is -2.38. The molecule has 0 saturated carbocycles. The molecule has 2 aliphatic heterocycles. The van der Waals surface area contributed by atoms with Crippen LogP contribution in [0, 0.1) is 0 Å². The Bertz CT molecular complexity index is 1240. The lowest BCUT2D eigenvalue weighted by Gasteiger charge is -2.16. The molecule has 3 aromatic rings. The number of rotatable bonds is 3. The van der Waals surface area contributed by atoms with Crippen LogP contribution in [0.15, 0.2) is 94.5 Å². The molecule has 1 saturated heterocycles. The van der Waals surface area contributed by atoms with Crippen molar-refractivity contribution in [3.05, 3.63) is 100 Å². The Kier molecular flexibility index (Phi) is 4.94. The second-order valence-corrected chi connectivity index (χ2v) is 7.70. The molecule has 1 N–H and O–H groups in total. The van der Waals surface area contributed by atoms with Gasteiger partial charge in [-0.25, -0.2) is 14.9 Å². The van der Waals surface area contributed by atoms with E-state index < -0.39 is 0 Å². The van der Waals surface area contributed by atoms with Crippen LogP contribution in [0.3, 0.4) is 0 Å². The van der Waals surface area contributed by atoms with E-state index in [-0.39, 0.29) is 5.91 Å². The maximum absolute atomic E-state index is 13.0. The maximum Gasteiger partial charge on any atom is 0.298 e. The first kappa shape index (κ1) is 19.4. The van der Waals surface area contributed by atoms with Gasteiger partial charge in [0, 0.05) is 10.0 Å². The van der Waals surface area contributed by atoms with E-state index in [1.165, 1.54) is 5.01 Å². The van der Waals surface area contributed by atoms with Crippen molar-refractivity contribution in [1.82, 2.24) is 10.4 Å². The molecule has 0 aliphatic carbocycles. The molecule has 0 atom stereocenters. The van der Waals surface area contributed by atoms with Crippen molar-refractivity contribution >= 4 is 58.5 Å². The van der Waals surface area contributed by atoms with Gasteiger partial charge in [0.25, 0.3) is 5.91 Å². The minimum absolute atomic E-state index is 0.265. The van der Waals surface area contributed by atoms with Gasteiger partial charge in [-0.2, -0.15) is 5.01 Å². The minimum atomic E-state index is -0.265. The van der Waals surface area contributed by atoms with Crippen molar-refractivity contribution in [2.24, 2.45) is 9.98 Å². The van der Waals surface area contributed by atoms with Crippen molar-refractivity contribution < 1.29 is 4.79 Å². The third kappa shape index (κ3) is 3.79. The van der Waals surface area contributed by atoms with Crippen molar-refractivity contribution in [2.45, 2.75) is 0 Å². The number of nitrogens with zero attached hydrogens (tertiary/aromatic N) is 4. The summed E-state index contributed by atoms with van der Waals surface area (Å²) in [5, 5.41) is 2.62. The number of hydrazine groups is 1. The Hall–Kier alpha value is -3.61. The van der Waals surface area contributed by atoms with Crippen LogP contribution in [0.2, 0.25) is 10.0 Å². The number of halogens is 2. The normalized spacial score (nSPS) is 17.9. The lowest BCUT2D eigenvalue weighted by molar-refractivity contribution is -0.123. The SMILES string of the molecule is O=C1/C(=C/c2ccccc2)N=C2N1NC(=Nc1ccc(Cl)cc1)N2c1ccc(Cl)cc1. The lowest BCUT2D eigenvalue weighted by atomic mass is 10.2. The molecule has 8 heteroatoms. The van der Waals surface area contributed by atoms with Gasteiger partial charge in [-0.05, 0) is 60.2 Å². The van der Waals surface area contributed by atoms with Gasteiger partial charge in [0.2, 0.25) is 11.9 Å². The summed E-state index contributed by atoms with van der Waals surface area (Å²) in [5.74, 6) is 0.594. The number of hydrogen-bond acceptors (Lipinski definition) is 3. The smallest absolute Gasteiger partial charge is 0.265 e. The van der Waals surface area contributed by atoms with Gasteiger partial charge < -0.3 is 0 Å². The van der Waals surface area contributed by atoms with Crippen LogP contribution in [0.25, 0.3) is 6.08 Å². The molecular formula is C23H15Cl2N5O. The second-order valence-electron chi connectivity index (χ2n) is 6.83. The summed E-state index contributed by atoms with van der Waals surface area (Å²) >= 11 is 12.0. The molecule has 5 rings (SSSR count). The Balaban J connectivity index is 1.59. The van der Waals surface area contributed by atoms with Crippen molar-refractivity contribution in [1.29, 1.82) is 0 Å². The van der Waals surface area contributed by atoms with Crippen LogP contribution in [-0.4, -0.2) is 22.8 Å². The fourth-order valence-corrected chi connectivity index (χ4v) is 3.50. The standard InChI is InChI=1S/C23H15Cl2N5O/c24-16-6-10-18(11-7-16)26-22-28-30-21(31)20(14-15-4-2-1-3-5-15)27-23(30)29(22)19-12-8-17(25)9-13-19/h1-14H,(H,26,28)/b20-14-. The summed E-state index contributed by atoms with van der Waals surface area (Å²) in [6.07, 6.45) is 1.76. The fraction of sp³-hybridized carbons (Fsp3) is 0. The van der Waals surface area contributed by atoms with E-state index in [1.54, 1.807) is 47.4 Å². The van der Waals surface area contributed by atoms with Gasteiger partial charge >= 0.3 is 0 Å². The van der Waals surface area contributed by atoms with Gasteiger partial charge in [0.05, 0.1) is 11.4 Å². The van der Waals surface area contributed by atoms with Crippen LogP contribution in [0.1, 0.15) is 5.56 Å². The molecule has 2 aliphatic rings. The van der Waals surface area contributed by atoms with Gasteiger partial charge in [-0.15, -0.1) is 0 Å². The summed E-state index contributed by atoms with van der Waals surface area (Å²) in [5.41, 5.74) is 5.74. The highest BCUT2D eigenvalue weighted by Gasteiger charge is 2.43. The maximum atomic E-state index is 13.0. The van der Waals surface area contributed by atoms with Gasteiger partial charge in [-0.1, -0.05) is 53.5 Å². The highest BCUT2D eigenvalue weighted by molar-refractivity contribution is 6.32. The molecule has 3 aromatic carbocycles. The van der Waals surface area contributed by atoms with Crippen LogP contribution in [0.4, 0.5) is 11.4 Å². The Morgan fingerprint density at radius 2 is 1.52 bits per heavy atom. The number of anilines is 1. The molecule has 6 nitrogen and oxygen atoms in total. The topological polar surface area (TPSA) is 60.3 Å². The summed E-state index contributed by atoms with van der Waals surface area (Å²) in [4.78, 5) is 24.0. The van der Waals surface area contributed by atoms with Gasteiger partial charge in [-0.3, -0.25) is 10.2 Å². The number of benzene rings is 3. The van der Waals surface area contributed by atoms with E-state index in [4.69, 9.17) is 23.2 Å². The molecule has 0 spiro atoms. The van der Waals surface area contributed by atoms with Crippen LogP contribution in [0.5, 0.6) is 0 Å². The number of nitrogens with one attached hydrogen (secondary N) is 1. The highest BCUT2D eigenvalue weighted by atomic mass is 35.5. The van der Waals surface area contributed by atoms with Crippen LogP contribution in [-0.2, 0) is 4.79 Å². The second kappa shape index (κ2) is 7.91. The van der Waals surface area contributed by atoms with E-state index >= 15 is 0 Å². The van der Waals surface area contributed by atoms with Gasteiger partial charge in [0.1, 0.15) is 5.70 Å². The number of carbonyl (C=O) groups is 1. The number of guanidine groups is 2. The molecule has 152 valence electrons. The average Bonchev–Trinajstić information content (AvgIpc) is 3.27. The van der Waals surface area contributed by atoms with E-state index in [2.05, 4.69) is 15.4 Å². The molecule has 2 heterocycles. The molecule has 0 aromatic heterocycles. The minimum Gasteiger partial charge on any atom is -0.265 e. The largest absolute Gasteiger partial charge is 0.298 e. The van der Waals surface area contributed by atoms with E-state index in [1.807, 2.05) is 42.5 Å². The van der Waals surface area contributed by atoms with E-state index in [0.717, 1.165) is 11.3 Å². The quantitative estimate of drug-likeness (QED) is 0.558. The number of carbonyl (C=O) groups excluding carboxylic acids is 1. The van der Waals surface area contributed by atoms with Crippen LogP contribution < -0.4 is 10.3 Å². The number of aliphatic imine (C=N–C) groups is 2. The third-order valence-electron chi connectivity index (χ3n) is 4.72. The van der Waals surface area contributed by atoms with Gasteiger partial charge in [0.15, 0.2) is 0 Å². The molecule has 1 fully saturated rings. The first-order chi connectivity index (χ1) is 15.1. The fourth-order valence-electron chi connectivity index (χ4n) is 3.25. The molecule has 0 bridgehead atoms. The zero-order valence-corrected chi connectivity index (χ0v) is 17.5. The number of amides is 1. The zero-order chi connectivity index (χ0) is 21.4. The molecular weight excluding hydrogens is 433 g/mol. The van der Waals surface area contributed by atoms with E-state index in [0.29, 0.717) is 33.3 Å². The van der Waals surface area contributed by atoms with Crippen LogP contribution >= 0.6 is 23.2 Å². The summed E-state index contributed by atoms with van der Waals surface area (Å²) in [6.45, 7) is 0. The average molecular weight is 448 g/mol. The number of fused-ring (bicyclic) bond motifs is 1. The zero-order valence-electron chi connectivity index (χ0n) is 16.0. The molecule has 0 radical (unpaired) electrons. The Labute approximate surface area is 188 Å². The summed E-state index contributed by atoms with van der Waals surface area (Å²) < 4.78 is 0. The molecule has 0 unspecified atom stereocenters. The Morgan fingerprint density at radius 1 is 0.871 bits per heavy atom. The summed E-state index contributed by atoms with van der Waals surface area (Å²) in [6, 6.07) is 23.9. The highest BCUT2D eigenvalue weighted by Crippen LogP contribution is 2.29. The predicted octanol–water partition coefficient (Wildman–Crippen LogP) is 5.25. The molecule has 1 amide bonds. The number of hydrogen-bond donors (Lipinski definition) is 1. The predicted molar refractivity (Wildman–Crippen MR) is 124 cm³/mol. The van der Waals surface area contributed by atoms with Crippen molar-refractivity contribution in [3.63, 3.8) is 0 Å². The third-order valence-corrected chi connectivity index (χ3v) is 5.22. The first-order valence-electron chi connectivity index (χ1n) is 9.45. The Morgan fingerprint density at radius 3 is 2.19 bits per heavy atom. The monoisotopic (exact) mass is 447 g/mol. The van der Waals surface area contributed by atoms with Crippen molar-refractivity contribution in [2.75, 3.05) is 4.90 Å². The van der Waals surface area contributed by atoms with E-state index in [9.17, 15) is 4.79 Å². The first-order valence-corrected chi connectivity index (χ1v) is 10.2. The van der Waals surface area contributed by atoms with Crippen molar-refractivity contribution in [3.8, 4) is 0 Å².